The number of hydrogen-bond acceptors (Lipinski definition) is 6. The average Bonchev–Trinajstić information content (AvgIpc) is 3.39. The Morgan fingerprint density at radius 3 is 2.53 bits per heavy atom. The minimum atomic E-state index is -0.619. The smallest absolute Gasteiger partial charge is 0.204 e. The lowest BCUT2D eigenvalue weighted by Gasteiger charge is -2.15. The Labute approximate surface area is 176 Å². The molecule has 0 saturated carbocycles. The van der Waals surface area contributed by atoms with Crippen molar-refractivity contribution in [1.29, 1.82) is 0 Å². The zero-order valence-electron chi connectivity index (χ0n) is 17.5. The van der Waals surface area contributed by atoms with Crippen molar-refractivity contribution in [1.82, 2.24) is 4.90 Å². The highest BCUT2D eigenvalue weighted by Crippen LogP contribution is 2.36. The van der Waals surface area contributed by atoms with Crippen molar-refractivity contribution in [3.63, 3.8) is 0 Å². The first kappa shape index (κ1) is 20.4. The van der Waals surface area contributed by atoms with Gasteiger partial charge in [-0.1, -0.05) is 12.1 Å². The van der Waals surface area contributed by atoms with Crippen LogP contribution >= 0.6 is 0 Å². The molecule has 1 fully saturated rings. The number of carbonyl (C=O) groups excluding carboxylic acids is 2. The Kier molecular flexibility index (Phi) is 6.04. The summed E-state index contributed by atoms with van der Waals surface area (Å²) in [5.41, 5.74) is 2.09. The van der Waals surface area contributed by atoms with Crippen LogP contribution in [0.25, 0.3) is 0 Å². The summed E-state index contributed by atoms with van der Waals surface area (Å²) in [5, 5.41) is 0. The molecule has 2 aromatic rings. The molecule has 0 N–H and O–H groups in total. The molecular weight excluding hydrogens is 382 g/mol. The van der Waals surface area contributed by atoms with Gasteiger partial charge in [-0.25, -0.2) is 0 Å². The van der Waals surface area contributed by atoms with E-state index in [0.29, 0.717) is 41.2 Å². The predicted molar refractivity (Wildman–Crippen MR) is 113 cm³/mol. The zero-order valence-corrected chi connectivity index (χ0v) is 17.5. The highest BCUT2D eigenvalue weighted by molar-refractivity contribution is 6.04. The van der Waals surface area contributed by atoms with Gasteiger partial charge in [0, 0.05) is 30.5 Å². The molecule has 1 unspecified atom stereocenters. The lowest BCUT2D eigenvalue weighted by molar-refractivity contribution is 0.0821. The number of nitrogens with zero attached hydrogens (tertiary/aromatic N) is 1. The molecule has 1 atom stereocenters. The van der Waals surface area contributed by atoms with Gasteiger partial charge >= 0.3 is 0 Å². The number of benzene rings is 2. The second-order valence-electron chi connectivity index (χ2n) is 7.79. The topological polar surface area (TPSA) is 65.1 Å². The summed E-state index contributed by atoms with van der Waals surface area (Å²) in [6.07, 6.45) is 2.77. The molecule has 0 bridgehead atoms. The van der Waals surface area contributed by atoms with Gasteiger partial charge in [0.2, 0.25) is 5.78 Å². The summed E-state index contributed by atoms with van der Waals surface area (Å²) in [4.78, 5) is 27.8. The maximum Gasteiger partial charge on any atom is 0.204 e. The molecule has 0 spiro atoms. The first-order valence-corrected chi connectivity index (χ1v) is 10.4. The van der Waals surface area contributed by atoms with Crippen LogP contribution in [0.15, 0.2) is 36.4 Å². The average molecular weight is 409 g/mol. The van der Waals surface area contributed by atoms with Crippen LogP contribution in [0.1, 0.15) is 45.5 Å². The van der Waals surface area contributed by atoms with Crippen LogP contribution in [0, 0.1) is 0 Å². The molecule has 0 radical (unpaired) electrons. The predicted octanol–water partition coefficient (Wildman–Crippen LogP) is 3.56. The third-order valence-corrected chi connectivity index (χ3v) is 5.86. The molecular formula is C24H27NO5. The number of hydrogen-bond donors (Lipinski definition) is 0. The zero-order chi connectivity index (χ0) is 21.1. The van der Waals surface area contributed by atoms with Crippen LogP contribution in [0.2, 0.25) is 0 Å². The van der Waals surface area contributed by atoms with Crippen LogP contribution in [0.4, 0.5) is 0 Å². The maximum absolute atomic E-state index is 12.8. The normalized spacial score (nSPS) is 18.3. The fraction of sp³-hybridized carbons (Fsp3) is 0.417. The van der Waals surface area contributed by atoms with Crippen molar-refractivity contribution in [2.75, 3.05) is 33.9 Å². The van der Waals surface area contributed by atoms with Gasteiger partial charge in [0.15, 0.2) is 23.4 Å². The number of rotatable bonds is 8. The Bertz CT molecular complexity index is 949. The van der Waals surface area contributed by atoms with E-state index < -0.39 is 6.10 Å². The van der Waals surface area contributed by atoms with E-state index in [4.69, 9.17) is 14.2 Å². The van der Waals surface area contributed by atoms with E-state index in [1.165, 1.54) is 12.8 Å². The van der Waals surface area contributed by atoms with Crippen molar-refractivity contribution in [2.45, 2.75) is 31.8 Å². The molecule has 1 saturated heterocycles. The molecule has 2 aliphatic rings. The summed E-state index contributed by atoms with van der Waals surface area (Å²) in [5.74, 6) is 1.66. The Morgan fingerprint density at radius 1 is 1.07 bits per heavy atom. The van der Waals surface area contributed by atoms with Gasteiger partial charge in [0.25, 0.3) is 0 Å². The minimum Gasteiger partial charge on any atom is -0.493 e. The van der Waals surface area contributed by atoms with E-state index >= 15 is 0 Å². The van der Waals surface area contributed by atoms with Gasteiger partial charge in [-0.2, -0.15) is 0 Å². The maximum atomic E-state index is 12.8. The standard InChI is InChI=1S/C24H27NO5/c1-28-21-13-17-14-23(24(27)19(17)15-22(21)29-2)30-18-7-5-6-16(12-18)20(26)8-11-25-9-3-4-10-25/h5-7,12-13,15,23H,3-4,8-11,14H2,1-2H3. The van der Waals surface area contributed by atoms with Crippen molar-refractivity contribution in [3.8, 4) is 17.2 Å². The van der Waals surface area contributed by atoms with E-state index in [9.17, 15) is 9.59 Å². The number of methoxy groups -OCH3 is 2. The molecule has 1 aliphatic heterocycles. The lowest BCUT2D eigenvalue weighted by atomic mass is 10.1. The van der Waals surface area contributed by atoms with Crippen LogP contribution in [-0.2, 0) is 6.42 Å². The number of ether oxygens (including phenoxy) is 3. The number of likely N-dealkylation sites (tertiary alicyclic amines) is 1. The van der Waals surface area contributed by atoms with Crippen LogP contribution in [0.5, 0.6) is 17.2 Å². The Morgan fingerprint density at radius 2 is 1.80 bits per heavy atom. The first-order chi connectivity index (χ1) is 14.6. The monoisotopic (exact) mass is 409 g/mol. The lowest BCUT2D eigenvalue weighted by Crippen LogP contribution is -2.24. The number of Topliss-reactive ketones (excluding diaryl/α,β-unsaturated/α-hetero) is 2. The SMILES string of the molecule is COc1cc2c(cc1OC)C(=O)C(Oc1cccc(C(=O)CCN3CCCC3)c1)C2. The molecule has 2 aromatic carbocycles. The second-order valence-corrected chi connectivity index (χ2v) is 7.79. The van der Waals surface area contributed by atoms with Crippen LogP contribution in [0.3, 0.4) is 0 Å². The van der Waals surface area contributed by atoms with Gasteiger partial charge in [0.1, 0.15) is 5.75 Å². The fourth-order valence-corrected chi connectivity index (χ4v) is 4.20. The summed E-state index contributed by atoms with van der Waals surface area (Å²) in [6.45, 7) is 2.96. The molecule has 1 heterocycles. The minimum absolute atomic E-state index is 0.0864. The molecule has 0 aromatic heterocycles. The second kappa shape index (κ2) is 8.88. The van der Waals surface area contributed by atoms with Crippen LogP contribution in [-0.4, -0.2) is 56.4 Å². The summed E-state index contributed by atoms with van der Waals surface area (Å²) >= 11 is 0. The highest BCUT2D eigenvalue weighted by Gasteiger charge is 2.34. The molecule has 0 amide bonds. The van der Waals surface area contributed by atoms with Gasteiger partial charge in [0.05, 0.1) is 14.2 Å². The Balaban J connectivity index is 1.43. The van der Waals surface area contributed by atoms with Gasteiger partial charge in [-0.05, 0) is 55.8 Å². The van der Waals surface area contributed by atoms with E-state index in [0.717, 1.165) is 25.2 Å². The number of carbonyl (C=O) groups is 2. The summed E-state index contributed by atoms with van der Waals surface area (Å²) in [6, 6.07) is 10.7. The van der Waals surface area contributed by atoms with Gasteiger partial charge in [-0.15, -0.1) is 0 Å². The quantitative estimate of drug-likeness (QED) is 0.621. The molecule has 4 rings (SSSR count). The molecule has 30 heavy (non-hydrogen) atoms. The largest absolute Gasteiger partial charge is 0.493 e. The van der Waals surface area contributed by atoms with E-state index in [-0.39, 0.29) is 11.6 Å². The third-order valence-electron chi connectivity index (χ3n) is 5.86. The van der Waals surface area contributed by atoms with Crippen molar-refractivity contribution in [3.05, 3.63) is 53.1 Å². The van der Waals surface area contributed by atoms with Crippen LogP contribution < -0.4 is 14.2 Å². The number of ketones is 2. The van der Waals surface area contributed by atoms with E-state index in [1.807, 2.05) is 6.07 Å². The van der Waals surface area contributed by atoms with Crippen molar-refractivity contribution in [2.24, 2.45) is 0 Å². The molecule has 158 valence electrons. The summed E-state index contributed by atoms with van der Waals surface area (Å²) < 4.78 is 16.6. The third kappa shape index (κ3) is 4.19. The fourth-order valence-electron chi connectivity index (χ4n) is 4.20. The van der Waals surface area contributed by atoms with E-state index in [2.05, 4.69) is 4.90 Å². The highest BCUT2D eigenvalue weighted by atomic mass is 16.5. The first-order valence-electron chi connectivity index (χ1n) is 10.4. The van der Waals surface area contributed by atoms with Crippen molar-refractivity contribution < 1.29 is 23.8 Å². The molecule has 6 nitrogen and oxygen atoms in total. The van der Waals surface area contributed by atoms with Crippen molar-refractivity contribution >= 4 is 11.6 Å². The molecule has 1 aliphatic carbocycles. The van der Waals surface area contributed by atoms with Gasteiger partial charge in [-0.3, -0.25) is 9.59 Å². The van der Waals surface area contributed by atoms with E-state index in [1.54, 1.807) is 44.6 Å². The Hall–Kier alpha value is -2.86. The van der Waals surface area contributed by atoms with Gasteiger partial charge < -0.3 is 19.1 Å². The number of fused-ring (bicyclic) bond motifs is 1. The molecule has 6 heteroatoms. The summed E-state index contributed by atoms with van der Waals surface area (Å²) in [7, 11) is 3.12.